The first-order valence-corrected chi connectivity index (χ1v) is 10.7. The van der Waals surface area contributed by atoms with Gasteiger partial charge in [0.15, 0.2) is 0 Å². The standard InChI is InChI=1S/C22H24N4O4S/c1-2-26(12-11-19(27)24-16-9-7-15(8-10-16)22(23)29)21(28)14-30-13-20-25-17-5-3-4-6-18(17)31-20/h3-10H,2,11-14H2,1H3,(H2,23,29)(H,24,27). The fourth-order valence-corrected chi connectivity index (χ4v) is 3.84. The summed E-state index contributed by atoms with van der Waals surface area (Å²) in [5.41, 5.74) is 7.04. The molecule has 2 aromatic carbocycles. The fourth-order valence-electron chi connectivity index (χ4n) is 2.94. The normalized spacial score (nSPS) is 10.7. The third kappa shape index (κ3) is 6.34. The minimum atomic E-state index is -0.527. The Labute approximate surface area is 184 Å². The summed E-state index contributed by atoms with van der Waals surface area (Å²) in [6.45, 7) is 2.81. The van der Waals surface area contributed by atoms with E-state index in [2.05, 4.69) is 10.3 Å². The fraction of sp³-hybridized carbons (Fsp3) is 0.273. The number of benzene rings is 2. The zero-order valence-corrected chi connectivity index (χ0v) is 18.0. The lowest BCUT2D eigenvalue weighted by atomic mass is 10.2. The Kier molecular flexibility index (Phi) is 7.69. The summed E-state index contributed by atoms with van der Waals surface area (Å²) in [4.78, 5) is 41.7. The number of thiazole rings is 1. The summed E-state index contributed by atoms with van der Waals surface area (Å²) in [5, 5.41) is 3.55. The predicted octanol–water partition coefficient (Wildman–Crippen LogP) is 2.79. The highest BCUT2D eigenvalue weighted by Crippen LogP contribution is 2.21. The molecule has 0 fully saturated rings. The summed E-state index contributed by atoms with van der Waals surface area (Å²) in [7, 11) is 0. The van der Waals surface area contributed by atoms with Gasteiger partial charge in [-0.15, -0.1) is 11.3 Å². The van der Waals surface area contributed by atoms with Gasteiger partial charge in [-0.2, -0.15) is 0 Å². The van der Waals surface area contributed by atoms with E-state index in [-0.39, 0.29) is 38.0 Å². The number of hydrogen-bond donors (Lipinski definition) is 2. The van der Waals surface area contributed by atoms with Gasteiger partial charge in [-0.3, -0.25) is 14.4 Å². The molecule has 0 saturated heterocycles. The molecule has 0 aliphatic carbocycles. The average molecular weight is 441 g/mol. The molecule has 1 heterocycles. The van der Waals surface area contributed by atoms with Gasteiger partial charge in [0.05, 0.1) is 16.8 Å². The first-order chi connectivity index (χ1) is 15.0. The van der Waals surface area contributed by atoms with Crippen LogP contribution in [0.5, 0.6) is 0 Å². The number of fused-ring (bicyclic) bond motifs is 1. The molecule has 31 heavy (non-hydrogen) atoms. The molecule has 3 amide bonds. The number of aromatic nitrogens is 1. The number of carbonyl (C=O) groups is 3. The van der Waals surface area contributed by atoms with Crippen molar-refractivity contribution in [2.75, 3.05) is 25.0 Å². The molecular weight excluding hydrogens is 416 g/mol. The number of nitrogens with two attached hydrogens (primary N) is 1. The Balaban J connectivity index is 1.42. The molecule has 3 aromatic rings. The van der Waals surface area contributed by atoms with E-state index in [9.17, 15) is 14.4 Å². The molecule has 0 unspecified atom stereocenters. The number of hydrogen-bond acceptors (Lipinski definition) is 6. The molecule has 0 saturated carbocycles. The molecule has 0 atom stereocenters. The van der Waals surface area contributed by atoms with Crippen LogP contribution in [-0.4, -0.2) is 47.3 Å². The van der Waals surface area contributed by atoms with Crippen molar-refractivity contribution in [3.05, 3.63) is 59.1 Å². The highest BCUT2D eigenvalue weighted by molar-refractivity contribution is 7.18. The van der Waals surface area contributed by atoms with Gasteiger partial charge in [0.1, 0.15) is 11.6 Å². The molecule has 1 aromatic heterocycles. The lowest BCUT2D eigenvalue weighted by Crippen LogP contribution is -2.36. The molecule has 0 aliphatic rings. The van der Waals surface area contributed by atoms with Crippen LogP contribution in [0.2, 0.25) is 0 Å². The Morgan fingerprint density at radius 3 is 2.55 bits per heavy atom. The largest absolute Gasteiger partial charge is 0.366 e. The molecular formula is C22H24N4O4S. The number of amides is 3. The van der Waals surface area contributed by atoms with E-state index in [0.29, 0.717) is 17.8 Å². The van der Waals surface area contributed by atoms with E-state index in [0.717, 1.165) is 15.2 Å². The van der Waals surface area contributed by atoms with E-state index in [4.69, 9.17) is 10.5 Å². The Morgan fingerprint density at radius 2 is 1.87 bits per heavy atom. The maximum atomic E-state index is 12.4. The number of ether oxygens (including phenoxy) is 1. The Hall–Kier alpha value is -3.30. The van der Waals surface area contributed by atoms with Crippen LogP contribution >= 0.6 is 11.3 Å². The first-order valence-electron chi connectivity index (χ1n) is 9.86. The van der Waals surface area contributed by atoms with E-state index in [1.54, 1.807) is 40.5 Å². The maximum absolute atomic E-state index is 12.4. The van der Waals surface area contributed by atoms with Crippen molar-refractivity contribution in [2.45, 2.75) is 20.0 Å². The lowest BCUT2D eigenvalue weighted by molar-refractivity contribution is -0.136. The van der Waals surface area contributed by atoms with Crippen molar-refractivity contribution < 1.29 is 19.1 Å². The summed E-state index contributed by atoms with van der Waals surface area (Å²) < 4.78 is 6.63. The second-order valence-corrected chi connectivity index (χ2v) is 7.90. The Bertz CT molecular complexity index is 1030. The van der Waals surface area contributed by atoms with Crippen LogP contribution in [0.15, 0.2) is 48.5 Å². The summed E-state index contributed by atoms with van der Waals surface area (Å²) in [5.74, 6) is -0.934. The zero-order chi connectivity index (χ0) is 22.2. The van der Waals surface area contributed by atoms with Crippen molar-refractivity contribution in [2.24, 2.45) is 5.73 Å². The van der Waals surface area contributed by atoms with Crippen molar-refractivity contribution in [3.63, 3.8) is 0 Å². The lowest BCUT2D eigenvalue weighted by Gasteiger charge is -2.20. The second-order valence-electron chi connectivity index (χ2n) is 6.78. The predicted molar refractivity (Wildman–Crippen MR) is 120 cm³/mol. The van der Waals surface area contributed by atoms with Crippen LogP contribution in [0.3, 0.4) is 0 Å². The molecule has 0 radical (unpaired) electrons. The van der Waals surface area contributed by atoms with E-state index < -0.39 is 5.91 Å². The van der Waals surface area contributed by atoms with Gasteiger partial charge in [0.2, 0.25) is 17.7 Å². The van der Waals surface area contributed by atoms with Crippen molar-refractivity contribution >= 4 is 45.0 Å². The van der Waals surface area contributed by atoms with E-state index >= 15 is 0 Å². The Morgan fingerprint density at radius 1 is 1.13 bits per heavy atom. The number of anilines is 1. The van der Waals surface area contributed by atoms with Crippen molar-refractivity contribution in [3.8, 4) is 0 Å². The van der Waals surface area contributed by atoms with Crippen LogP contribution in [-0.2, 0) is 20.9 Å². The van der Waals surface area contributed by atoms with Crippen LogP contribution in [0.25, 0.3) is 10.2 Å². The molecule has 0 spiro atoms. The first kappa shape index (κ1) is 22.4. The number of rotatable bonds is 10. The summed E-state index contributed by atoms with van der Waals surface area (Å²) in [6.07, 6.45) is 0.148. The van der Waals surface area contributed by atoms with Gasteiger partial charge in [-0.25, -0.2) is 4.98 Å². The highest BCUT2D eigenvalue weighted by atomic mass is 32.1. The van der Waals surface area contributed by atoms with Crippen LogP contribution < -0.4 is 11.1 Å². The van der Waals surface area contributed by atoms with Crippen molar-refractivity contribution in [1.82, 2.24) is 9.88 Å². The number of carbonyl (C=O) groups excluding carboxylic acids is 3. The molecule has 3 rings (SSSR count). The number of nitrogens with zero attached hydrogens (tertiary/aromatic N) is 2. The molecule has 3 N–H and O–H groups in total. The van der Waals surface area contributed by atoms with Crippen molar-refractivity contribution in [1.29, 1.82) is 0 Å². The number of nitrogens with one attached hydrogen (secondary N) is 1. The smallest absolute Gasteiger partial charge is 0.248 e. The number of primary amides is 1. The molecule has 9 heteroatoms. The maximum Gasteiger partial charge on any atom is 0.248 e. The van der Waals surface area contributed by atoms with Gasteiger partial charge in [-0.05, 0) is 43.3 Å². The van der Waals surface area contributed by atoms with Crippen LogP contribution in [0.4, 0.5) is 5.69 Å². The highest BCUT2D eigenvalue weighted by Gasteiger charge is 2.14. The van der Waals surface area contributed by atoms with Crippen LogP contribution in [0.1, 0.15) is 28.7 Å². The van der Waals surface area contributed by atoms with E-state index in [1.165, 1.54) is 0 Å². The third-order valence-electron chi connectivity index (χ3n) is 4.59. The third-order valence-corrected chi connectivity index (χ3v) is 5.60. The minimum absolute atomic E-state index is 0.0695. The zero-order valence-electron chi connectivity index (χ0n) is 17.2. The number of para-hydroxylation sites is 1. The second kappa shape index (κ2) is 10.6. The monoisotopic (exact) mass is 440 g/mol. The summed E-state index contributed by atoms with van der Waals surface area (Å²) in [6, 6.07) is 14.1. The van der Waals surface area contributed by atoms with Crippen LogP contribution in [0, 0.1) is 0 Å². The molecule has 8 nitrogen and oxygen atoms in total. The van der Waals surface area contributed by atoms with Gasteiger partial charge >= 0.3 is 0 Å². The number of likely N-dealkylation sites (N-methyl/N-ethyl adjacent to an activating group) is 1. The SMILES string of the molecule is CCN(CCC(=O)Nc1ccc(C(N)=O)cc1)C(=O)COCc1nc2ccccc2s1. The van der Waals surface area contributed by atoms with Gasteiger partial charge in [-0.1, -0.05) is 12.1 Å². The van der Waals surface area contributed by atoms with E-state index in [1.807, 2.05) is 31.2 Å². The molecule has 0 aliphatic heterocycles. The van der Waals surface area contributed by atoms with Gasteiger partial charge in [0, 0.05) is 30.8 Å². The molecule has 0 bridgehead atoms. The van der Waals surface area contributed by atoms with Gasteiger partial charge in [0.25, 0.3) is 0 Å². The quantitative estimate of drug-likeness (QED) is 0.503. The average Bonchev–Trinajstić information content (AvgIpc) is 3.17. The van der Waals surface area contributed by atoms with Gasteiger partial charge < -0.3 is 20.7 Å². The molecule has 162 valence electrons. The summed E-state index contributed by atoms with van der Waals surface area (Å²) >= 11 is 1.54. The topological polar surface area (TPSA) is 115 Å². The minimum Gasteiger partial charge on any atom is -0.366 e.